The predicted octanol–water partition coefficient (Wildman–Crippen LogP) is 5.31. The van der Waals surface area contributed by atoms with Crippen LogP contribution in [0.25, 0.3) is 0 Å². The summed E-state index contributed by atoms with van der Waals surface area (Å²) in [7, 11) is 0. The summed E-state index contributed by atoms with van der Waals surface area (Å²) in [6.45, 7) is 4.52. The van der Waals surface area contributed by atoms with Gasteiger partial charge in [-0.15, -0.1) is 0 Å². The Hall–Kier alpha value is -1.40. The van der Waals surface area contributed by atoms with Crippen molar-refractivity contribution in [1.29, 1.82) is 0 Å². The number of fused-ring (bicyclic) bond motifs is 6. The van der Waals surface area contributed by atoms with Crippen LogP contribution in [0.15, 0.2) is 32.9 Å². The molecule has 6 rings (SSSR count). The van der Waals surface area contributed by atoms with Crippen molar-refractivity contribution in [1.82, 2.24) is 0 Å². The number of ether oxygens (including phenoxy) is 1. The monoisotopic (exact) mass is 502 g/mol. The summed E-state index contributed by atoms with van der Waals surface area (Å²) in [5.74, 6) is 1.66. The normalized spacial score (nSPS) is 47.6. The molecule has 5 aliphatic rings. The van der Waals surface area contributed by atoms with E-state index in [1.165, 1.54) is 5.57 Å². The minimum Gasteiger partial charge on any atom is -0.468 e. The van der Waals surface area contributed by atoms with Gasteiger partial charge in [0.15, 0.2) is 0 Å². The Morgan fingerprint density at radius 2 is 1.97 bits per heavy atom. The van der Waals surface area contributed by atoms with Crippen LogP contribution in [-0.4, -0.2) is 28.6 Å². The van der Waals surface area contributed by atoms with Gasteiger partial charge in [0.05, 0.1) is 10.6 Å². The molecule has 172 valence electrons. The fraction of sp³-hybridized carbons (Fsp3) is 0.692. The molecule has 4 fully saturated rings. The Morgan fingerprint density at radius 1 is 1.16 bits per heavy atom. The summed E-state index contributed by atoms with van der Waals surface area (Å²) in [6, 6.07) is 2.03. The SMILES string of the molecule is C[C@]12CCC(=O)CC1=C[C@@H](c1cc(Br)co1)[C@@H]1[C@@H]2[C@H](O)C[C@@]2(C)[C@H]1CC[C@@]21CCC(=O)O1. The number of carbonyl (C=O) groups is 2. The molecule has 2 heterocycles. The van der Waals surface area contributed by atoms with Crippen molar-refractivity contribution in [3.8, 4) is 0 Å². The molecule has 0 amide bonds. The van der Waals surface area contributed by atoms with E-state index in [1.54, 1.807) is 6.26 Å². The van der Waals surface area contributed by atoms with Gasteiger partial charge in [-0.05, 0) is 77.3 Å². The molecule has 1 aliphatic heterocycles. The standard InChI is InChI=1S/C26H31BrO5/c1-24-6-3-16(28)9-14(24)10-17(20-11-15(27)13-31-20)22-18-4-7-26(8-5-21(30)32-26)25(18,2)12-19(29)23(22)24/h10-11,13,17-19,22-23,29H,3-9,12H2,1-2H3/t17-,18-,19+,22-,23-,24-,25-,26+/m0/s1. The molecule has 1 aromatic rings. The van der Waals surface area contributed by atoms with Crippen molar-refractivity contribution in [3.05, 3.63) is 34.2 Å². The van der Waals surface area contributed by atoms with E-state index >= 15 is 0 Å². The van der Waals surface area contributed by atoms with E-state index < -0.39 is 11.7 Å². The van der Waals surface area contributed by atoms with Gasteiger partial charge >= 0.3 is 5.97 Å². The molecule has 8 atom stereocenters. The van der Waals surface area contributed by atoms with E-state index in [1.807, 2.05) is 6.07 Å². The number of aliphatic hydroxyl groups excluding tert-OH is 1. The van der Waals surface area contributed by atoms with Crippen molar-refractivity contribution in [2.45, 2.75) is 82.8 Å². The second-order valence-electron chi connectivity index (χ2n) is 11.4. The minimum atomic E-state index is -0.502. The van der Waals surface area contributed by atoms with E-state index in [-0.39, 0.29) is 34.6 Å². The molecule has 0 radical (unpaired) electrons. The third-order valence-corrected chi connectivity index (χ3v) is 10.6. The first-order valence-electron chi connectivity index (χ1n) is 12.0. The zero-order chi connectivity index (χ0) is 22.5. The lowest BCUT2D eigenvalue weighted by Gasteiger charge is -2.61. The van der Waals surface area contributed by atoms with Crippen LogP contribution in [0.5, 0.6) is 0 Å². The molecule has 5 nitrogen and oxygen atoms in total. The highest BCUT2D eigenvalue weighted by Gasteiger charge is 2.70. The molecule has 4 aliphatic carbocycles. The summed E-state index contributed by atoms with van der Waals surface area (Å²) >= 11 is 3.53. The summed E-state index contributed by atoms with van der Waals surface area (Å²) in [4.78, 5) is 24.6. The Bertz CT molecular complexity index is 1030. The van der Waals surface area contributed by atoms with Crippen LogP contribution in [0.1, 0.15) is 76.9 Å². The molecular weight excluding hydrogens is 472 g/mol. The second kappa shape index (κ2) is 6.82. The Balaban J connectivity index is 1.51. The van der Waals surface area contributed by atoms with Crippen LogP contribution < -0.4 is 0 Å². The molecule has 1 N–H and O–H groups in total. The van der Waals surface area contributed by atoms with Gasteiger partial charge in [0, 0.05) is 30.6 Å². The van der Waals surface area contributed by atoms with Gasteiger partial charge in [-0.3, -0.25) is 9.59 Å². The maximum absolute atomic E-state index is 12.4. The number of Topliss-reactive ketones (excluding diaryl/α,β-unsaturated/α-hetero) is 1. The summed E-state index contributed by atoms with van der Waals surface area (Å²) in [5, 5.41) is 11.8. The first-order valence-corrected chi connectivity index (χ1v) is 12.8. The first kappa shape index (κ1) is 21.2. The fourth-order valence-electron chi connectivity index (χ4n) is 8.67. The maximum atomic E-state index is 12.4. The molecule has 1 spiro atoms. The summed E-state index contributed by atoms with van der Waals surface area (Å²) in [5.41, 5.74) is 0.285. The number of rotatable bonds is 1. The highest BCUT2D eigenvalue weighted by molar-refractivity contribution is 9.10. The average molecular weight is 503 g/mol. The van der Waals surface area contributed by atoms with E-state index in [4.69, 9.17) is 9.15 Å². The van der Waals surface area contributed by atoms with Gasteiger partial charge in [-0.2, -0.15) is 0 Å². The lowest BCUT2D eigenvalue weighted by atomic mass is 9.44. The van der Waals surface area contributed by atoms with Gasteiger partial charge in [0.1, 0.15) is 23.4 Å². The molecule has 1 saturated heterocycles. The molecule has 0 aromatic carbocycles. The Morgan fingerprint density at radius 3 is 2.66 bits per heavy atom. The van der Waals surface area contributed by atoms with Crippen molar-refractivity contribution in [3.63, 3.8) is 0 Å². The van der Waals surface area contributed by atoms with Crippen LogP contribution in [0.2, 0.25) is 0 Å². The van der Waals surface area contributed by atoms with Crippen LogP contribution in [0.3, 0.4) is 0 Å². The Kier molecular flexibility index (Phi) is 4.51. The van der Waals surface area contributed by atoms with Crippen molar-refractivity contribution in [2.75, 3.05) is 0 Å². The van der Waals surface area contributed by atoms with E-state index in [0.717, 1.165) is 35.9 Å². The lowest BCUT2D eigenvalue weighted by molar-refractivity contribution is -0.184. The third-order valence-electron chi connectivity index (χ3n) is 10.2. The van der Waals surface area contributed by atoms with Gasteiger partial charge in [-0.1, -0.05) is 25.5 Å². The summed E-state index contributed by atoms with van der Waals surface area (Å²) in [6.07, 6.45) is 9.13. The maximum Gasteiger partial charge on any atom is 0.306 e. The molecule has 6 heteroatoms. The number of halogens is 1. The smallest absolute Gasteiger partial charge is 0.306 e. The highest BCUT2D eigenvalue weighted by Crippen LogP contribution is 2.71. The molecule has 3 saturated carbocycles. The zero-order valence-corrected chi connectivity index (χ0v) is 20.3. The van der Waals surface area contributed by atoms with Gasteiger partial charge in [0.25, 0.3) is 0 Å². The van der Waals surface area contributed by atoms with Gasteiger partial charge in [0.2, 0.25) is 0 Å². The quantitative estimate of drug-likeness (QED) is 0.415. The van der Waals surface area contributed by atoms with Crippen LogP contribution in [0.4, 0.5) is 0 Å². The van der Waals surface area contributed by atoms with E-state index in [9.17, 15) is 14.7 Å². The lowest BCUT2D eigenvalue weighted by Crippen LogP contribution is -2.60. The topological polar surface area (TPSA) is 76.7 Å². The predicted molar refractivity (Wildman–Crippen MR) is 121 cm³/mol. The van der Waals surface area contributed by atoms with Crippen LogP contribution in [0, 0.1) is 28.6 Å². The molecule has 0 unspecified atom stereocenters. The summed E-state index contributed by atoms with van der Waals surface area (Å²) < 4.78 is 13.0. The van der Waals surface area contributed by atoms with Crippen molar-refractivity contribution < 1.29 is 23.8 Å². The van der Waals surface area contributed by atoms with Crippen molar-refractivity contribution in [2.24, 2.45) is 28.6 Å². The first-order chi connectivity index (χ1) is 15.2. The number of aliphatic hydroxyl groups is 1. The minimum absolute atomic E-state index is 0.00630. The number of allylic oxidation sites excluding steroid dienone is 2. The van der Waals surface area contributed by atoms with Gasteiger partial charge in [-0.25, -0.2) is 0 Å². The number of esters is 1. The number of ketones is 1. The highest BCUT2D eigenvalue weighted by atomic mass is 79.9. The van der Waals surface area contributed by atoms with E-state index in [0.29, 0.717) is 37.4 Å². The number of furan rings is 1. The number of carbonyl (C=O) groups excluding carboxylic acids is 2. The molecule has 32 heavy (non-hydrogen) atoms. The molecule has 0 bridgehead atoms. The molecular formula is C26H31BrO5. The van der Waals surface area contributed by atoms with Crippen molar-refractivity contribution >= 4 is 27.7 Å². The average Bonchev–Trinajstić information content (AvgIpc) is 3.40. The number of hydrogen-bond acceptors (Lipinski definition) is 5. The fourth-order valence-corrected chi connectivity index (χ4v) is 8.99. The van der Waals surface area contributed by atoms with E-state index in [2.05, 4.69) is 35.9 Å². The van der Waals surface area contributed by atoms with Crippen LogP contribution >= 0.6 is 15.9 Å². The second-order valence-corrected chi connectivity index (χ2v) is 12.3. The molecule has 1 aromatic heterocycles. The van der Waals surface area contributed by atoms with Gasteiger partial charge < -0.3 is 14.3 Å². The number of hydrogen-bond donors (Lipinski definition) is 1. The zero-order valence-electron chi connectivity index (χ0n) is 18.7. The third kappa shape index (κ3) is 2.65. The Labute approximate surface area is 197 Å². The largest absolute Gasteiger partial charge is 0.468 e. The van der Waals surface area contributed by atoms with Crippen LogP contribution in [-0.2, 0) is 14.3 Å².